The Bertz CT molecular complexity index is 437. The van der Waals surface area contributed by atoms with Crippen LogP contribution in [0.15, 0.2) is 24.3 Å². The number of piperidine rings is 1. The molecule has 2 heteroatoms. The van der Waals surface area contributed by atoms with Gasteiger partial charge in [-0.2, -0.15) is 0 Å². The summed E-state index contributed by atoms with van der Waals surface area (Å²) in [4.78, 5) is 2.61. The van der Waals surface area contributed by atoms with Crippen molar-refractivity contribution in [3.8, 4) is 0 Å². The number of hydrogen-bond acceptors (Lipinski definition) is 2. The zero-order valence-electron chi connectivity index (χ0n) is 11.8. The zero-order chi connectivity index (χ0) is 12.8. The van der Waals surface area contributed by atoms with Gasteiger partial charge in [-0.1, -0.05) is 24.3 Å². The van der Waals surface area contributed by atoms with E-state index in [1.807, 2.05) is 0 Å². The predicted molar refractivity (Wildman–Crippen MR) is 75.5 cm³/mol. The van der Waals surface area contributed by atoms with E-state index >= 15 is 0 Å². The number of benzene rings is 1. The Hall–Kier alpha value is -0.860. The minimum absolute atomic E-state index is 0.262. The van der Waals surface area contributed by atoms with Crippen LogP contribution in [0, 0.1) is 0 Å². The maximum Gasteiger partial charge on any atom is 0.0464 e. The van der Waals surface area contributed by atoms with Gasteiger partial charge in [0.15, 0.2) is 0 Å². The first-order valence-corrected chi connectivity index (χ1v) is 7.10. The molecule has 0 aromatic heterocycles. The molecule has 1 aromatic carbocycles. The minimum Gasteiger partial charge on any atom is -0.303 e. The summed E-state index contributed by atoms with van der Waals surface area (Å²) in [5.74, 6) is 0. The summed E-state index contributed by atoms with van der Waals surface area (Å²) < 4.78 is 0. The Morgan fingerprint density at radius 2 is 1.78 bits per heavy atom. The third-order valence-corrected chi connectivity index (χ3v) is 4.72. The molecule has 2 nitrogen and oxygen atoms in total. The average Bonchev–Trinajstić information content (AvgIpc) is 2.69. The van der Waals surface area contributed by atoms with Crippen LogP contribution in [-0.2, 0) is 12.1 Å². The molecule has 0 unspecified atom stereocenters. The molecule has 0 amide bonds. The van der Waals surface area contributed by atoms with Crippen molar-refractivity contribution in [2.75, 3.05) is 13.1 Å². The van der Waals surface area contributed by atoms with Gasteiger partial charge >= 0.3 is 0 Å². The smallest absolute Gasteiger partial charge is 0.0464 e. The minimum atomic E-state index is 0.262. The Kier molecular flexibility index (Phi) is 2.76. The fourth-order valence-electron chi connectivity index (χ4n) is 3.51. The highest BCUT2D eigenvalue weighted by atomic mass is 15.2. The molecule has 0 atom stereocenters. The van der Waals surface area contributed by atoms with Crippen LogP contribution >= 0.6 is 0 Å². The second-order valence-electron chi connectivity index (χ2n) is 6.75. The molecule has 2 aliphatic heterocycles. The van der Waals surface area contributed by atoms with Gasteiger partial charge in [0.25, 0.3) is 0 Å². The standard InChI is InChI=1S/C16H24N2/c1-15(2,3)18-10-8-16(9-11-18)14-7-5-4-6-13(14)12-17-16/h4-7,17H,8-12H2,1-3H3. The van der Waals surface area contributed by atoms with Crippen molar-refractivity contribution >= 4 is 0 Å². The van der Waals surface area contributed by atoms with Crippen LogP contribution in [0.5, 0.6) is 0 Å². The van der Waals surface area contributed by atoms with Crippen LogP contribution in [0.1, 0.15) is 44.7 Å². The summed E-state index contributed by atoms with van der Waals surface area (Å²) in [5.41, 5.74) is 3.62. The van der Waals surface area contributed by atoms with Crippen LogP contribution in [0.2, 0.25) is 0 Å². The summed E-state index contributed by atoms with van der Waals surface area (Å²) in [5, 5.41) is 3.78. The normalized spacial score (nSPS) is 23.3. The predicted octanol–water partition coefficient (Wildman–Crippen LogP) is 2.88. The first kappa shape index (κ1) is 12.2. The van der Waals surface area contributed by atoms with E-state index in [4.69, 9.17) is 0 Å². The average molecular weight is 244 g/mol. The lowest BCUT2D eigenvalue weighted by Crippen LogP contribution is -2.53. The molecular formula is C16H24N2. The highest BCUT2D eigenvalue weighted by Crippen LogP contribution is 2.40. The monoisotopic (exact) mass is 244 g/mol. The topological polar surface area (TPSA) is 15.3 Å². The number of nitrogens with zero attached hydrogens (tertiary/aromatic N) is 1. The van der Waals surface area contributed by atoms with E-state index in [-0.39, 0.29) is 5.54 Å². The van der Waals surface area contributed by atoms with Crippen molar-refractivity contribution in [1.82, 2.24) is 10.2 Å². The molecule has 0 bridgehead atoms. The SMILES string of the molecule is CC(C)(C)N1CCC2(CC1)NCc1ccccc12. The van der Waals surface area contributed by atoms with E-state index in [9.17, 15) is 0 Å². The lowest BCUT2D eigenvalue weighted by atomic mass is 9.81. The summed E-state index contributed by atoms with van der Waals surface area (Å²) in [6, 6.07) is 8.93. The van der Waals surface area contributed by atoms with Gasteiger partial charge in [0, 0.05) is 30.7 Å². The lowest BCUT2D eigenvalue weighted by molar-refractivity contribution is 0.0658. The maximum absolute atomic E-state index is 3.78. The van der Waals surface area contributed by atoms with Gasteiger partial charge in [-0.25, -0.2) is 0 Å². The van der Waals surface area contributed by atoms with Gasteiger partial charge in [-0.05, 0) is 44.7 Å². The van der Waals surface area contributed by atoms with E-state index in [2.05, 4.69) is 55.3 Å². The van der Waals surface area contributed by atoms with Crippen molar-refractivity contribution in [2.45, 2.75) is 51.2 Å². The molecule has 3 rings (SSSR count). The molecular weight excluding hydrogens is 220 g/mol. The third-order valence-electron chi connectivity index (χ3n) is 4.72. The molecule has 1 fully saturated rings. The molecule has 1 aromatic rings. The van der Waals surface area contributed by atoms with E-state index in [1.165, 1.54) is 31.5 Å². The molecule has 2 heterocycles. The van der Waals surface area contributed by atoms with E-state index in [0.29, 0.717) is 5.54 Å². The highest BCUT2D eigenvalue weighted by molar-refractivity contribution is 5.38. The Morgan fingerprint density at radius 3 is 2.44 bits per heavy atom. The number of hydrogen-bond donors (Lipinski definition) is 1. The fourth-order valence-corrected chi connectivity index (χ4v) is 3.51. The van der Waals surface area contributed by atoms with E-state index < -0.39 is 0 Å². The van der Waals surface area contributed by atoms with Crippen LogP contribution in [0.3, 0.4) is 0 Å². The van der Waals surface area contributed by atoms with Gasteiger partial charge in [0.2, 0.25) is 0 Å². The van der Waals surface area contributed by atoms with Crippen molar-refractivity contribution in [3.63, 3.8) is 0 Å². The number of rotatable bonds is 0. The van der Waals surface area contributed by atoms with E-state index in [0.717, 1.165) is 6.54 Å². The van der Waals surface area contributed by atoms with Gasteiger partial charge in [0.1, 0.15) is 0 Å². The first-order chi connectivity index (χ1) is 8.51. The van der Waals surface area contributed by atoms with Crippen molar-refractivity contribution in [1.29, 1.82) is 0 Å². The lowest BCUT2D eigenvalue weighted by Gasteiger charge is -2.45. The zero-order valence-corrected chi connectivity index (χ0v) is 11.8. The molecule has 18 heavy (non-hydrogen) atoms. The second-order valence-corrected chi connectivity index (χ2v) is 6.75. The molecule has 1 N–H and O–H groups in total. The molecule has 98 valence electrons. The second kappa shape index (κ2) is 4.07. The van der Waals surface area contributed by atoms with Gasteiger partial charge in [0.05, 0.1) is 0 Å². The van der Waals surface area contributed by atoms with Gasteiger partial charge in [-0.15, -0.1) is 0 Å². The van der Waals surface area contributed by atoms with Crippen LogP contribution in [0.4, 0.5) is 0 Å². The fraction of sp³-hybridized carbons (Fsp3) is 0.625. The highest BCUT2D eigenvalue weighted by Gasteiger charge is 2.42. The van der Waals surface area contributed by atoms with E-state index in [1.54, 1.807) is 5.56 Å². The number of nitrogens with one attached hydrogen (secondary N) is 1. The van der Waals surface area contributed by atoms with Crippen molar-refractivity contribution < 1.29 is 0 Å². The quantitative estimate of drug-likeness (QED) is 0.755. The number of likely N-dealkylation sites (tertiary alicyclic amines) is 1. The Labute approximate surface area is 110 Å². The van der Waals surface area contributed by atoms with Gasteiger partial charge < -0.3 is 5.32 Å². The number of fused-ring (bicyclic) bond motifs is 2. The summed E-state index contributed by atoms with van der Waals surface area (Å²) in [7, 11) is 0. The van der Waals surface area contributed by atoms with Crippen LogP contribution < -0.4 is 5.32 Å². The Balaban J connectivity index is 1.81. The summed E-state index contributed by atoms with van der Waals surface area (Å²) in [6.07, 6.45) is 2.47. The van der Waals surface area contributed by atoms with Crippen LogP contribution in [-0.4, -0.2) is 23.5 Å². The maximum atomic E-state index is 3.78. The van der Waals surface area contributed by atoms with Crippen LogP contribution in [0.25, 0.3) is 0 Å². The molecule has 0 saturated carbocycles. The van der Waals surface area contributed by atoms with Gasteiger partial charge in [-0.3, -0.25) is 4.90 Å². The molecule has 2 aliphatic rings. The van der Waals surface area contributed by atoms with Crippen molar-refractivity contribution in [2.24, 2.45) is 0 Å². The molecule has 1 spiro atoms. The first-order valence-electron chi connectivity index (χ1n) is 7.10. The van der Waals surface area contributed by atoms with Crippen molar-refractivity contribution in [3.05, 3.63) is 35.4 Å². The molecule has 0 radical (unpaired) electrons. The largest absolute Gasteiger partial charge is 0.303 e. The molecule has 0 aliphatic carbocycles. The molecule has 1 saturated heterocycles. The Morgan fingerprint density at radius 1 is 1.11 bits per heavy atom. The summed E-state index contributed by atoms with van der Waals surface area (Å²) >= 11 is 0. The summed E-state index contributed by atoms with van der Waals surface area (Å²) in [6.45, 7) is 10.4. The third kappa shape index (κ3) is 1.88.